The molecule has 1 unspecified atom stereocenters. The van der Waals surface area contributed by atoms with E-state index in [1.165, 1.54) is 29.9 Å². The zero-order valence-electron chi connectivity index (χ0n) is 16.4. The van der Waals surface area contributed by atoms with Crippen LogP contribution in [-0.2, 0) is 6.42 Å². The Morgan fingerprint density at radius 3 is 2.11 bits per heavy atom. The van der Waals surface area contributed by atoms with Crippen molar-refractivity contribution in [3.63, 3.8) is 0 Å². The highest BCUT2D eigenvalue weighted by molar-refractivity contribution is 7.13. The number of nitro benzene ring substituents is 2. The van der Waals surface area contributed by atoms with Gasteiger partial charge in [-0.2, -0.15) is 0 Å². The van der Waals surface area contributed by atoms with E-state index in [0.29, 0.717) is 11.5 Å². The Bertz CT molecular complexity index is 726. The third-order valence-electron chi connectivity index (χ3n) is 4.38. The van der Waals surface area contributed by atoms with Crippen LogP contribution in [0.4, 0.5) is 11.4 Å². The van der Waals surface area contributed by atoms with E-state index < -0.39 is 9.85 Å². The summed E-state index contributed by atoms with van der Waals surface area (Å²) in [4.78, 5) is 21.9. The lowest BCUT2D eigenvalue weighted by molar-refractivity contribution is -0.394. The van der Waals surface area contributed by atoms with Crippen molar-refractivity contribution in [2.75, 3.05) is 0 Å². The van der Waals surface area contributed by atoms with E-state index in [1.807, 2.05) is 25.3 Å². The lowest BCUT2D eigenvalue weighted by atomic mass is 9.91. The fourth-order valence-electron chi connectivity index (χ4n) is 2.94. The molecule has 0 spiro atoms. The van der Waals surface area contributed by atoms with Crippen molar-refractivity contribution in [3.8, 4) is 10.4 Å². The van der Waals surface area contributed by atoms with Gasteiger partial charge in [0.1, 0.15) is 0 Å². The quantitative estimate of drug-likeness (QED) is 0.339. The lowest BCUT2D eigenvalue weighted by Crippen LogP contribution is -2.03. The van der Waals surface area contributed by atoms with Gasteiger partial charge in [0, 0.05) is 22.6 Å². The average molecular weight is 393 g/mol. The van der Waals surface area contributed by atoms with E-state index >= 15 is 0 Å². The van der Waals surface area contributed by atoms with Gasteiger partial charge in [-0.1, -0.05) is 53.4 Å². The molecular weight excluding hydrogens is 364 g/mol. The summed E-state index contributed by atoms with van der Waals surface area (Å²) in [5, 5.41) is 24.2. The van der Waals surface area contributed by atoms with Crippen LogP contribution in [0.2, 0.25) is 0 Å². The average Bonchev–Trinajstić information content (AvgIpc) is 3.14. The number of benzene rings is 1. The first-order chi connectivity index (χ1) is 13.0. The minimum Gasteiger partial charge on any atom is -0.258 e. The minimum atomic E-state index is -0.583. The van der Waals surface area contributed by atoms with Gasteiger partial charge in [-0.15, -0.1) is 11.3 Å². The van der Waals surface area contributed by atoms with Gasteiger partial charge in [0.2, 0.25) is 0 Å². The number of non-ortho nitro benzene ring substituents is 2. The molecule has 1 aromatic carbocycles. The Kier molecular flexibility index (Phi) is 9.64. The van der Waals surface area contributed by atoms with E-state index in [-0.39, 0.29) is 11.4 Å². The molecule has 1 atom stereocenters. The molecule has 0 saturated heterocycles. The van der Waals surface area contributed by atoms with Crippen LogP contribution in [0.5, 0.6) is 0 Å². The maximum atomic E-state index is 11.1. The summed E-state index contributed by atoms with van der Waals surface area (Å²) in [6.07, 6.45) is 5.46. The fraction of sp³-hybridized carbons (Fsp3) is 0.500. The van der Waals surface area contributed by atoms with Crippen molar-refractivity contribution in [1.82, 2.24) is 0 Å². The number of thiophene rings is 1. The number of nitrogens with zero attached hydrogens (tertiary/aromatic N) is 2. The van der Waals surface area contributed by atoms with Crippen LogP contribution in [0, 0.1) is 26.1 Å². The molecular formula is C20H28N2O4S. The van der Waals surface area contributed by atoms with Crippen LogP contribution >= 0.6 is 11.3 Å². The number of hydrogen-bond donors (Lipinski definition) is 0. The first-order valence-corrected chi connectivity index (χ1v) is 10.3. The zero-order chi connectivity index (χ0) is 20.4. The topological polar surface area (TPSA) is 86.3 Å². The molecule has 27 heavy (non-hydrogen) atoms. The van der Waals surface area contributed by atoms with Crippen molar-refractivity contribution >= 4 is 22.7 Å². The van der Waals surface area contributed by atoms with Crippen LogP contribution < -0.4 is 0 Å². The number of nitro groups is 2. The van der Waals surface area contributed by atoms with Gasteiger partial charge < -0.3 is 0 Å². The van der Waals surface area contributed by atoms with Crippen LogP contribution in [0.15, 0.2) is 29.6 Å². The monoisotopic (exact) mass is 392 g/mol. The van der Waals surface area contributed by atoms with Crippen LogP contribution in [0.3, 0.4) is 0 Å². The van der Waals surface area contributed by atoms with Crippen molar-refractivity contribution in [2.24, 2.45) is 5.92 Å². The zero-order valence-corrected chi connectivity index (χ0v) is 17.3. The predicted octanol–water partition coefficient (Wildman–Crippen LogP) is 7.02. The number of hydrogen-bond acceptors (Lipinski definition) is 5. The molecule has 0 radical (unpaired) electrons. The van der Waals surface area contributed by atoms with E-state index in [2.05, 4.69) is 13.8 Å². The van der Waals surface area contributed by atoms with Gasteiger partial charge in [-0.05, 0) is 29.3 Å². The molecule has 0 bridgehead atoms. The molecule has 0 fully saturated rings. The molecule has 0 saturated carbocycles. The summed E-state index contributed by atoms with van der Waals surface area (Å²) >= 11 is 1.47. The molecule has 7 heteroatoms. The van der Waals surface area contributed by atoms with Crippen LogP contribution in [0.1, 0.15) is 58.9 Å². The summed E-state index contributed by atoms with van der Waals surface area (Å²) in [5.41, 5.74) is 1.17. The Labute approximate surface area is 164 Å². The summed E-state index contributed by atoms with van der Waals surface area (Å²) in [5.74, 6) is 0.557. The molecule has 1 aromatic heterocycles. The second kappa shape index (κ2) is 11.4. The second-order valence-corrected chi connectivity index (χ2v) is 7.06. The smallest absolute Gasteiger partial charge is 0.258 e. The first-order valence-electron chi connectivity index (χ1n) is 9.46. The Hall–Kier alpha value is -2.28. The third-order valence-corrected chi connectivity index (χ3v) is 5.39. The van der Waals surface area contributed by atoms with E-state index in [0.717, 1.165) is 42.2 Å². The molecule has 6 nitrogen and oxygen atoms in total. The molecule has 0 aliphatic carbocycles. The molecule has 2 aromatic rings. The van der Waals surface area contributed by atoms with Gasteiger partial charge in [0.05, 0.1) is 15.9 Å². The maximum absolute atomic E-state index is 11.1. The number of unbranched alkanes of at least 4 members (excludes halogenated alkanes) is 1. The van der Waals surface area contributed by atoms with E-state index in [1.54, 1.807) is 0 Å². The Morgan fingerprint density at radius 1 is 1.04 bits per heavy atom. The molecule has 148 valence electrons. The van der Waals surface area contributed by atoms with Crippen molar-refractivity contribution < 1.29 is 9.85 Å². The van der Waals surface area contributed by atoms with Crippen LogP contribution in [-0.4, -0.2) is 9.85 Å². The summed E-state index contributed by atoms with van der Waals surface area (Å²) in [6.45, 7) is 8.34. The largest absolute Gasteiger partial charge is 0.276 e. The van der Waals surface area contributed by atoms with Gasteiger partial charge in [0.25, 0.3) is 11.4 Å². The second-order valence-electron chi connectivity index (χ2n) is 6.15. The molecule has 0 aliphatic rings. The van der Waals surface area contributed by atoms with Crippen LogP contribution in [0.25, 0.3) is 10.4 Å². The SMILES string of the molecule is CC.CCCCC(CC)Cc1ccsc1-c1cc([N+](=O)[O-])cc([N+](=O)[O-])c1. The maximum Gasteiger partial charge on any atom is 0.276 e. The van der Waals surface area contributed by atoms with E-state index in [4.69, 9.17) is 0 Å². The van der Waals surface area contributed by atoms with E-state index in [9.17, 15) is 20.2 Å². The minimum absolute atomic E-state index is 0.249. The Morgan fingerprint density at radius 2 is 1.63 bits per heavy atom. The first kappa shape index (κ1) is 22.8. The standard InChI is InChI=1S/C18H22N2O4S.C2H6/c1-3-5-6-13(4-2)9-14-7-8-25-18(14)15-10-16(19(21)22)12-17(11-15)20(23)24;1-2/h7-8,10-13H,3-6,9H2,1-2H3;1-2H3. The highest BCUT2D eigenvalue weighted by atomic mass is 32.1. The van der Waals surface area contributed by atoms with Crippen molar-refractivity contribution in [2.45, 2.75) is 59.8 Å². The van der Waals surface area contributed by atoms with Gasteiger partial charge >= 0.3 is 0 Å². The normalized spacial score (nSPS) is 11.4. The molecule has 2 rings (SSSR count). The fourth-order valence-corrected chi connectivity index (χ4v) is 3.87. The third kappa shape index (κ3) is 6.43. The van der Waals surface area contributed by atoms with Gasteiger partial charge in [0.15, 0.2) is 0 Å². The molecule has 0 aliphatic heterocycles. The van der Waals surface area contributed by atoms with Crippen molar-refractivity contribution in [1.29, 1.82) is 0 Å². The Balaban J connectivity index is 0.00000176. The molecule has 0 N–H and O–H groups in total. The highest BCUT2D eigenvalue weighted by Gasteiger charge is 2.20. The molecule has 0 amide bonds. The lowest BCUT2D eigenvalue weighted by Gasteiger charge is -2.15. The van der Waals surface area contributed by atoms with Crippen molar-refractivity contribution in [3.05, 3.63) is 55.4 Å². The summed E-state index contributed by atoms with van der Waals surface area (Å²) in [7, 11) is 0. The van der Waals surface area contributed by atoms with Gasteiger partial charge in [-0.25, -0.2) is 0 Å². The summed E-state index contributed by atoms with van der Waals surface area (Å²) in [6, 6.07) is 5.89. The van der Waals surface area contributed by atoms with Gasteiger partial charge in [-0.3, -0.25) is 20.2 Å². The highest BCUT2D eigenvalue weighted by Crippen LogP contribution is 2.36. The molecule has 1 heterocycles. The number of rotatable bonds is 9. The summed E-state index contributed by atoms with van der Waals surface area (Å²) < 4.78 is 0. The predicted molar refractivity (Wildman–Crippen MR) is 111 cm³/mol.